The van der Waals surface area contributed by atoms with E-state index in [1.807, 2.05) is 0 Å². The highest BCUT2D eigenvalue weighted by Gasteiger charge is 1.98. The fourth-order valence-corrected chi connectivity index (χ4v) is 2.55. The van der Waals surface area contributed by atoms with Gasteiger partial charge < -0.3 is 4.74 Å². The fourth-order valence-electron chi connectivity index (χ4n) is 1.74. The summed E-state index contributed by atoms with van der Waals surface area (Å²) in [5.74, 6) is 1.16. The molecule has 0 aromatic heterocycles. The number of methoxy groups -OCH3 is 1. The lowest BCUT2D eigenvalue weighted by atomic mass is 10.1. The minimum absolute atomic E-state index is 0.152. The SMILES string of the molecule is COC(=O)CSC/C=C(\C)CC/C=C(\C)CCC=C(C)C. The molecule has 0 aliphatic rings. The molecule has 0 atom stereocenters. The molecule has 2 nitrogen and oxygen atoms in total. The van der Waals surface area contributed by atoms with Gasteiger partial charge in [0.25, 0.3) is 0 Å². The highest BCUT2D eigenvalue weighted by Crippen LogP contribution is 2.12. The zero-order valence-corrected chi connectivity index (χ0v) is 15.0. The Morgan fingerprint density at radius 1 is 0.952 bits per heavy atom. The summed E-state index contributed by atoms with van der Waals surface area (Å²) in [6, 6.07) is 0. The summed E-state index contributed by atoms with van der Waals surface area (Å²) in [6.45, 7) is 8.66. The van der Waals surface area contributed by atoms with Gasteiger partial charge in [-0.2, -0.15) is 0 Å². The summed E-state index contributed by atoms with van der Waals surface area (Å²) >= 11 is 1.59. The summed E-state index contributed by atoms with van der Waals surface area (Å²) < 4.78 is 4.60. The Bertz CT molecular complexity index is 388. The number of ether oxygens (including phenoxy) is 1. The quantitative estimate of drug-likeness (QED) is 0.311. The Kier molecular flexibility index (Phi) is 12.2. The van der Waals surface area contributed by atoms with Crippen molar-refractivity contribution >= 4 is 17.7 Å². The molecule has 0 radical (unpaired) electrons. The van der Waals surface area contributed by atoms with Crippen molar-refractivity contribution in [1.82, 2.24) is 0 Å². The summed E-state index contributed by atoms with van der Waals surface area (Å²) in [5, 5.41) is 0. The van der Waals surface area contributed by atoms with Crippen LogP contribution in [0, 0.1) is 0 Å². The number of carbonyl (C=O) groups excluding carboxylic acids is 1. The third-order valence-corrected chi connectivity index (χ3v) is 3.96. The van der Waals surface area contributed by atoms with Crippen LogP contribution in [-0.4, -0.2) is 24.6 Å². The number of hydrogen-bond donors (Lipinski definition) is 0. The van der Waals surface area contributed by atoms with Crippen LogP contribution in [0.5, 0.6) is 0 Å². The minimum Gasteiger partial charge on any atom is -0.468 e. The second-order valence-corrected chi connectivity index (χ2v) is 6.58. The first-order valence-electron chi connectivity index (χ1n) is 7.55. The molecule has 120 valence electrons. The molecule has 21 heavy (non-hydrogen) atoms. The average molecular weight is 311 g/mol. The first-order valence-corrected chi connectivity index (χ1v) is 8.70. The molecule has 0 bridgehead atoms. The van der Waals surface area contributed by atoms with Gasteiger partial charge in [0, 0.05) is 5.75 Å². The van der Waals surface area contributed by atoms with Gasteiger partial charge in [0.1, 0.15) is 0 Å². The third-order valence-electron chi connectivity index (χ3n) is 3.12. The summed E-state index contributed by atoms with van der Waals surface area (Å²) in [5.41, 5.74) is 4.26. The maximum absolute atomic E-state index is 11.0. The topological polar surface area (TPSA) is 26.3 Å². The van der Waals surface area contributed by atoms with Crippen LogP contribution in [0.3, 0.4) is 0 Å². The zero-order chi connectivity index (χ0) is 16.1. The maximum atomic E-state index is 11.0. The van der Waals surface area contributed by atoms with Gasteiger partial charge in [-0.3, -0.25) is 4.79 Å². The van der Waals surface area contributed by atoms with Crippen molar-refractivity contribution in [2.45, 2.75) is 53.4 Å². The van der Waals surface area contributed by atoms with E-state index in [0.29, 0.717) is 5.75 Å². The fraction of sp³-hybridized carbons (Fsp3) is 0.611. The standard InChI is InChI=1S/C18H30O2S/c1-15(2)8-6-9-16(3)10-7-11-17(4)12-13-21-14-18(19)20-5/h8,10,12H,6-7,9,11,13-14H2,1-5H3/b16-10+,17-12+. The second kappa shape index (κ2) is 12.8. The van der Waals surface area contributed by atoms with E-state index in [4.69, 9.17) is 0 Å². The van der Waals surface area contributed by atoms with Crippen LogP contribution < -0.4 is 0 Å². The number of hydrogen-bond acceptors (Lipinski definition) is 3. The minimum atomic E-state index is -0.152. The maximum Gasteiger partial charge on any atom is 0.315 e. The van der Waals surface area contributed by atoms with Crippen molar-refractivity contribution in [3.63, 3.8) is 0 Å². The van der Waals surface area contributed by atoms with E-state index in [1.54, 1.807) is 11.8 Å². The van der Waals surface area contributed by atoms with Gasteiger partial charge in [-0.15, -0.1) is 11.8 Å². The largest absolute Gasteiger partial charge is 0.468 e. The van der Waals surface area contributed by atoms with Crippen LogP contribution in [0.2, 0.25) is 0 Å². The van der Waals surface area contributed by atoms with E-state index in [-0.39, 0.29) is 5.97 Å². The first kappa shape index (κ1) is 20.0. The highest BCUT2D eigenvalue weighted by molar-refractivity contribution is 8.00. The van der Waals surface area contributed by atoms with Crippen molar-refractivity contribution < 1.29 is 9.53 Å². The highest BCUT2D eigenvalue weighted by atomic mass is 32.2. The predicted octanol–water partition coefficient (Wildman–Crippen LogP) is 5.31. The summed E-state index contributed by atoms with van der Waals surface area (Å²) in [6.07, 6.45) is 11.3. The van der Waals surface area contributed by atoms with E-state index in [0.717, 1.165) is 31.4 Å². The zero-order valence-electron chi connectivity index (χ0n) is 14.2. The van der Waals surface area contributed by atoms with Crippen LogP contribution in [0.1, 0.15) is 53.4 Å². The van der Waals surface area contributed by atoms with Crippen molar-refractivity contribution in [1.29, 1.82) is 0 Å². The molecule has 0 rings (SSSR count). The molecular weight excluding hydrogens is 280 g/mol. The van der Waals surface area contributed by atoms with Crippen LogP contribution in [0.4, 0.5) is 0 Å². The molecule has 0 amide bonds. The van der Waals surface area contributed by atoms with Gasteiger partial charge in [0.15, 0.2) is 0 Å². The molecule has 0 N–H and O–H groups in total. The van der Waals surface area contributed by atoms with Gasteiger partial charge in [-0.1, -0.05) is 34.9 Å². The molecule has 3 heteroatoms. The predicted molar refractivity (Wildman–Crippen MR) is 94.8 cm³/mol. The first-order chi connectivity index (χ1) is 9.95. The molecule has 0 aliphatic carbocycles. The van der Waals surface area contributed by atoms with Crippen LogP contribution >= 0.6 is 11.8 Å². The molecule has 0 fully saturated rings. The van der Waals surface area contributed by atoms with Gasteiger partial charge in [-0.25, -0.2) is 0 Å². The van der Waals surface area contributed by atoms with Crippen molar-refractivity contribution in [2.24, 2.45) is 0 Å². The van der Waals surface area contributed by atoms with E-state index < -0.39 is 0 Å². The van der Waals surface area contributed by atoms with Gasteiger partial charge in [-0.05, 0) is 53.4 Å². The molecule has 0 heterocycles. The normalized spacial score (nSPS) is 12.2. The number of thioether (sulfide) groups is 1. The van der Waals surface area contributed by atoms with Crippen molar-refractivity contribution in [3.05, 3.63) is 34.9 Å². The average Bonchev–Trinajstić information content (AvgIpc) is 2.42. The molecule has 0 aliphatic heterocycles. The monoisotopic (exact) mass is 310 g/mol. The van der Waals surface area contributed by atoms with Crippen LogP contribution in [-0.2, 0) is 9.53 Å². The molecule has 0 aromatic rings. The smallest absolute Gasteiger partial charge is 0.315 e. The van der Waals surface area contributed by atoms with Crippen molar-refractivity contribution in [2.75, 3.05) is 18.6 Å². The van der Waals surface area contributed by atoms with Gasteiger partial charge in [0.2, 0.25) is 0 Å². The molecular formula is C18H30O2S. The molecule has 0 spiro atoms. The Labute approximate surface area is 134 Å². The second-order valence-electron chi connectivity index (χ2n) is 5.55. The lowest BCUT2D eigenvalue weighted by Crippen LogP contribution is -2.03. The van der Waals surface area contributed by atoms with E-state index >= 15 is 0 Å². The van der Waals surface area contributed by atoms with E-state index in [9.17, 15) is 4.79 Å². The third kappa shape index (κ3) is 13.8. The summed E-state index contributed by atoms with van der Waals surface area (Å²) in [7, 11) is 1.43. The number of rotatable bonds is 10. The lowest BCUT2D eigenvalue weighted by Gasteiger charge is -2.02. The Morgan fingerprint density at radius 2 is 1.52 bits per heavy atom. The number of esters is 1. The van der Waals surface area contributed by atoms with Crippen molar-refractivity contribution in [3.8, 4) is 0 Å². The molecule has 0 aromatic carbocycles. The van der Waals surface area contributed by atoms with E-state index in [1.165, 1.54) is 23.8 Å². The number of carbonyl (C=O) groups is 1. The lowest BCUT2D eigenvalue weighted by molar-refractivity contribution is -0.137. The van der Waals surface area contributed by atoms with Gasteiger partial charge in [0.05, 0.1) is 12.9 Å². The van der Waals surface area contributed by atoms with Crippen LogP contribution in [0.15, 0.2) is 34.9 Å². The molecule has 0 saturated heterocycles. The van der Waals surface area contributed by atoms with E-state index in [2.05, 4.69) is 50.7 Å². The molecule has 0 saturated carbocycles. The number of allylic oxidation sites excluding steroid dienone is 5. The summed E-state index contributed by atoms with van der Waals surface area (Å²) in [4.78, 5) is 11.0. The Hall–Kier alpha value is -0.960. The molecule has 0 unspecified atom stereocenters. The van der Waals surface area contributed by atoms with Gasteiger partial charge >= 0.3 is 5.97 Å². The van der Waals surface area contributed by atoms with Crippen LogP contribution in [0.25, 0.3) is 0 Å². The Morgan fingerprint density at radius 3 is 2.10 bits per heavy atom. The Balaban J connectivity index is 3.83.